The van der Waals surface area contributed by atoms with Crippen molar-refractivity contribution in [3.05, 3.63) is 59.9 Å². The number of nitrogens with zero attached hydrogens (tertiary/aromatic N) is 5. The molecule has 218 valence electrons. The van der Waals surface area contributed by atoms with Crippen LogP contribution in [0.1, 0.15) is 88.1 Å². The maximum Gasteiger partial charge on any atom is 0.227 e. The molecule has 2 fully saturated rings. The van der Waals surface area contributed by atoms with Crippen molar-refractivity contribution in [2.75, 3.05) is 0 Å². The number of nitriles is 2. The molecule has 2 aliphatic carbocycles. The molecular weight excluding hydrogens is 529 g/mol. The summed E-state index contributed by atoms with van der Waals surface area (Å²) in [6.07, 6.45) is 15.8. The molecule has 8 nitrogen and oxygen atoms in total. The van der Waals surface area contributed by atoms with Crippen LogP contribution in [0.15, 0.2) is 42.7 Å². The number of aromatic amines is 1. The molecule has 0 radical (unpaired) electrons. The predicted octanol–water partition coefficient (Wildman–Crippen LogP) is 7.04. The zero-order chi connectivity index (χ0) is 29.3. The molecule has 0 saturated heterocycles. The van der Waals surface area contributed by atoms with Crippen LogP contribution in [0.25, 0.3) is 22.1 Å². The molecule has 0 atom stereocenters. The number of carbonyl (C=O) groups excluding carboxylic acids is 1. The molecule has 6 rings (SSSR count). The van der Waals surface area contributed by atoms with Gasteiger partial charge in [0.1, 0.15) is 22.8 Å². The summed E-state index contributed by atoms with van der Waals surface area (Å²) in [6, 6.07) is 12.9. The number of hydrogen-bond acceptors (Lipinski definition) is 5. The largest absolute Gasteiger partial charge is 0.352 e. The van der Waals surface area contributed by atoms with E-state index in [1.807, 2.05) is 12.3 Å². The first-order valence-electron chi connectivity index (χ1n) is 15.1. The minimum Gasteiger partial charge on any atom is -0.352 e. The Morgan fingerprint density at radius 3 is 2.36 bits per heavy atom. The number of aromatic nitrogens is 4. The fourth-order valence-electron chi connectivity index (χ4n) is 6.42. The molecule has 4 aromatic rings. The topological polar surface area (TPSA) is 123 Å². The Hall–Kier alpha value is -4.24. The van der Waals surface area contributed by atoms with Gasteiger partial charge >= 0.3 is 0 Å². The zero-order valence-electron chi connectivity index (χ0n) is 24.0. The third-order valence-corrected chi connectivity index (χ3v) is 8.70. The lowest BCUT2D eigenvalue weighted by Gasteiger charge is -2.30. The average molecular weight is 568 g/mol. The van der Waals surface area contributed by atoms with E-state index >= 15 is 0 Å². The average Bonchev–Trinajstić information content (AvgIpc) is 3.63. The van der Waals surface area contributed by atoms with Crippen LogP contribution in [0.5, 0.6) is 0 Å². The lowest BCUT2D eigenvalue weighted by atomic mass is 9.84. The fraction of sp³-hybridized carbons (Fsp3) is 0.485. The Morgan fingerprint density at radius 2 is 1.67 bits per heavy atom. The van der Waals surface area contributed by atoms with Crippen LogP contribution in [-0.4, -0.2) is 25.4 Å². The summed E-state index contributed by atoms with van der Waals surface area (Å²) in [5.74, 6) is 1.47. The van der Waals surface area contributed by atoms with Gasteiger partial charge in [-0.3, -0.25) is 4.79 Å². The number of amides is 1. The molecule has 2 N–H and O–H groups in total. The van der Waals surface area contributed by atoms with E-state index in [1.165, 1.54) is 44.2 Å². The quantitative estimate of drug-likeness (QED) is 0.248. The van der Waals surface area contributed by atoms with Gasteiger partial charge in [0.15, 0.2) is 0 Å². The van der Waals surface area contributed by atoms with Crippen molar-refractivity contribution in [1.29, 1.82) is 10.5 Å². The number of fused-ring (bicyclic) bond motifs is 3. The number of carbonyl (C=O) groups is 1. The number of halogens is 1. The molecule has 0 spiro atoms. The van der Waals surface area contributed by atoms with E-state index in [0.717, 1.165) is 71.5 Å². The van der Waals surface area contributed by atoms with Crippen molar-refractivity contribution in [1.82, 2.24) is 24.8 Å². The van der Waals surface area contributed by atoms with Crippen LogP contribution in [0, 0.1) is 40.3 Å². The molecule has 0 unspecified atom stereocenters. The lowest BCUT2D eigenvalue weighted by Crippen LogP contribution is -2.27. The molecule has 2 saturated carbocycles. The number of rotatable bonds is 7. The molecule has 3 aromatic heterocycles. The van der Waals surface area contributed by atoms with Gasteiger partial charge in [-0.25, -0.2) is 14.4 Å². The van der Waals surface area contributed by atoms with Gasteiger partial charge in [-0.2, -0.15) is 10.5 Å². The summed E-state index contributed by atoms with van der Waals surface area (Å²) >= 11 is 0. The maximum atomic E-state index is 13.1. The summed E-state index contributed by atoms with van der Waals surface area (Å²) in [6.45, 7) is 0.336. The monoisotopic (exact) mass is 567 g/mol. The smallest absolute Gasteiger partial charge is 0.227 e. The van der Waals surface area contributed by atoms with E-state index in [2.05, 4.69) is 32.0 Å². The zero-order valence-corrected chi connectivity index (χ0v) is 24.0. The SMILES string of the molecule is N#CCC1CCC(n2c(CC(=O)NCc3ccc(F)cc3)nc3cnc4[nH]ccc4c32)CC1.N#CCC1CCCCC1. The van der Waals surface area contributed by atoms with Gasteiger partial charge < -0.3 is 14.9 Å². The first-order valence-corrected chi connectivity index (χ1v) is 15.1. The maximum absolute atomic E-state index is 13.1. The number of imidazole rings is 1. The molecule has 42 heavy (non-hydrogen) atoms. The highest BCUT2D eigenvalue weighted by Crippen LogP contribution is 2.38. The van der Waals surface area contributed by atoms with Crippen molar-refractivity contribution >= 4 is 28.0 Å². The highest BCUT2D eigenvalue weighted by Gasteiger charge is 2.27. The Kier molecular flexibility index (Phi) is 9.82. The third-order valence-electron chi connectivity index (χ3n) is 8.70. The van der Waals surface area contributed by atoms with E-state index in [9.17, 15) is 9.18 Å². The Labute approximate surface area is 246 Å². The van der Waals surface area contributed by atoms with Crippen molar-refractivity contribution in [3.8, 4) is 12.1 Å². The van der Waals surface area contributed by atoms with Crippen LogP contribution in [0.3, 0.4) is 0 Å². The molecule has 1 aromatic carbocycles. The highest BCUT2D eigenvalue weighted by atomic mass is 19.1. The van der Waals surface area contributed by atoms with Gasteiger partial charge in [-0.1, -0.05) is 31.4 Å². The third kappa shape index (κ3) is 7.15. The fourth-order valence-corrected chi connectivity index (χ4v) is 6.42. The molecule has 9 heteroatoms. The number of benzene rings is 1. The number of H-pyrrole nitrogens is 1. The van der Waals surface area contributed by atoms with E-state index < -0.39 is 0 Å². The standard InChI is InChI=1S/C25H25FN6O.C8H13N/c26-18-5-1-17(2-6-18)14-29-23(33)13-22-31-21-15-30-25-20(10-12-28-25)24(21)32(22)19-7-3-16(4-8-19)9-11-27;9-7-6-8-4-2-1-3-5-8/h1-2,5-6,10,12,15-16,19H,3-4,7-9,13-14H2,(H,28,30)(H,29,33);8H,1-6H2. The number of pyridine rings is 1. The Morgan fingerprint density at radius 1 is 0.976 bits per heavy atom. The van der Waals surface area contributed by atoms with Crippen LogP contribution < -0.4 is 5.32 Å². The highest BCUT2D eigenvalue weighted by molar-refractivity contribution is 6.01. The number of hydrogen-bond donors (Lipinski definition) is 2. The summed E-state index contributed by atoms with van der Waals surface area (Å²) in [4.78, 5) is 25.3. The second-order valence-electron chi connectivity index (χ2n) is 11.6. The molecule has 0 bridgehead atoms. The molecule has 0 aliphatic heterocycles. The minimum absolute atomic E-state index is 0.132. The Bertz CT molecular complexity index is 1560. The first-order chi connectivity index (χ1) is 20.6. The van der Waals surface area contributed by atoms with E-state index in [4.69, 9.17) is 15.5 Å². The first kappa shape index (κ1) is 29.3. The van der Waals surface area contributed by atoms with Gasteiger partial charge in [-0.15, -0.1) is 0 Å². The van der Waals surface area contributed by atoms with Crippen molar-refractivity contribution < 1.29 is 9.18 Å². The molecule has 1 amide bonds. The second kappa shape index (κ2) is 14.1. The van der Waals surface area contributed by atoms with Gasteiger partial charge in [0.05, 0.1) is 30.3 Å². The van der Waals surface area contributed by atoms with Crippen LogP contribution in [0.2, 0.25) is 0 Å². The summed E-state index contributed by atoms with van der Waals surface area (Å²) in [5, 5.41) is 21.3. The number of nitrogens with one attached hydrogen (secondary N) is 2. The van der Waals surface area contributed by atoms with Gasteiger partial charge in [0, 0.05) is 37.0 Å². The minimum atomic E-state index is -0.298. The summed E-state index contributed by atoms with van der Waals surface area (Å²) in [5.41, 5.74) is 3.43. The molecule has 2 aliphatic rings. The van der Waals surface area contributed by atoms with Crippen LogP contribution in [0.4, 0.5) is 4.39 Å². The normalized spacial score (nSPS) is 19.0. The lowest BCUT2D eigenvalue weighted by molar-refractivity contribution is -0.120. The van der Waals surface area contributed by atoms with Crippen LogP contribution >= 0.6 is 0 Å². The van der Waals surface area contributed by atoms with Gasteiger partial charge in [0.2, 0.25) is 5.91 Å². The Balaban J connectivity index is 0.000000336. The van der Waals surface area contributed by atoms with E-state index in [1.54, 1.807) is 18.3 Å². The van der Waals surface area contributed by atoms with E-state index in [0.29, 0.717) is 18.9 Å². The molecule has 3 heterocycles. The summed E-state index contributed by atoms with van der Waals surface area (Å²) < 4.78 is 15.4. The van der Waals surface area contributed by atoms with Gasteiger partial charge in [-0.05, 0) is 74.1 Å². The molecular formula is C33H38FN7O. The van der Waals surface area contributed by atoms with Gasteiger partial charge in [0.25, 0.3) is 0 Å². The van der Waals surface area contributed by atoms with E-state index in [-0.39, 0.29) is 24.2 Å². The predicted molar refractivity (Wildman–Crippen MR) is 159 cm³/mol. The van der Waals surface area contributed by atoms with Crippen molar-refractivity contribution in [2.24, 2.45) is 11.8 Å². The second-order valence-corrected chi connectivity index (χ2v) is 11.6. The van der Waals surface area contributed by atoms with Crippen molar-refractivity contribution in [3.63, 3.8) is 0 Å². The van der Waals surface area contributed by atoms with Crippen LogP contribution in [-0.2, 0) is 17.8 Å². The summed E-state index contributed by atoms with van der Waals surface area (Å²) in [7, 11) is 0. The van der Waals surface area contributed by atoms with Crippen molar-refractivity contribution in [2.45, 2.75) is 89.6 Å².